The maximum atomic E-state index is 10.5. The molecular weight excluding hydrogens is 536 g/mol. The van der Waals surface area contributed by atoms with E-state index < -0.39 is 35.1 Å². The normalized spacial score (nSPS) is 47.0. The Morgan fingerprint density at radius 1 is 1.00 bits per heavy atom. The minimum atomic E-state index is -1.25. The first kappa shape index (κ1) is 29.0. The molecule has 4 saturated heterocycles. The van der Waals surface area contributed by atoms with Crippen LogP contribution in [0.15, 0.2) is 0 Å². The van der Waals surface area contributed by atoms with Crippen molar-refractivity contribution in [1.29, 1.82) is 0 Å². The van der Waals surface area contributed by atoms with E-state index in [0.717, 1.165) is 0 Å². The van der Waals surface area contributed by atoms with Crippen molar-refractivity contribution in [3.05, 3.63) is 0 Å². The van der Waals surface area contributed by atoms with Crippen molar-refractivity contribution in [2.75, 3.05) is 47.8 Å². The van der Waals surface area contributed by atoms with Crippen LogP contribution in [0.1, 0.15) is 6.42 Å². The zero-order chi connectivity index (χ0) is 19.9. The van der Waals surface area contributed by atoms with Gasteiger partial charge in [-0.3, -0.25) is 0 Å². The SMILES string of the molecule is [B]C1OC(COC)C2(O)CCOC12OC.[B]C1OC(COC)C2(O)COC12.[Y].[Y]. The molecule has 0 aromatic heterocycles. The van der Waals surface area contributed by atoms with E-state index in [0.29, 0.717) is 26.2 Å². The second-order valence-corrected chi connectivity index (χ2v) is 7.16. The van der Waals surface area contributed by atoms with Gasteiger partial charge in [-0.1, -0.05) is 0 Å². The molecule has 4 aliphatic heterocycles. The third-order valence-corrected chi connectivity index (χ3v) is 5.72. The van der Waals surface area contributed by atoms with Gasteiger partial charge in [0.15, 0.2) is 5.60 Å². The summed E-state index contributed by atoms with van der Waals surface area (Å²) in [6.45, 7) is 1.31. The van der Waals surface area contributed by atoms with Crippen molar-refractivity contribution >= 4 is 15.7 Å². The van der Waals surface area contributed by atoms with Gasteiger partial charge in [0.1, 0.15) is 39.6 Å². The Bertz CT molecular complexity index is 539. The molecule has 6 radical (unpaired) electrons. The van der Waals surface area contributed by atoms with E-state index in [-0.39, 0.29) is 84.2 Å². The Hall–Kier alpha value is 1.98. The molecule has 4 rings (SSSR count). The Kier molecular flexibility index (Phi) is 11.4. The van der Waals surface area contributed by atoms with E-state index in [4.69, 9.17) is 48.9 Å². The molecule has 0 bridgehead atoms. The van der Waals surface area contributed by atoms with Crippen molar-refractivity contribution in [1.82, 2.24) is 0 Å². The van der Waals surface area contributed by atoms with Crippen LogP contribution < -0.4 is 0 Å². The van der Waals surface area contributed by atoms with Crippen LogP contribution in [-0.4, -0.2) is 121 Å². The van der Waals surface area contributed by atoms with Gasteiger partial charge in [-0.05, 0) is 0 Å². The van der Waals surface area contributed by atoms with Gasteiger partial charge in [-0.15, -0.1) is 0 Å². The van der Waals surface area contributed by atoms with Gasteiger partial charge < -0.3 is 43.4 Å². The van der Waals surface area contributed by atoms with Crippen molar-refractivity contribution in [2.45, 2.75) is 53.7 Å². The van der Waals surface area contributed by atoms with Gasteiger partial charge in [0.05, 0.1) is 32.4 Å². The first-order valence-corrected chi connectivity index (χ1v) is 8.84. The van der Waals surface area contributed by atoms with Crippen molar-refractivity contribution in [3.63, 3.8) is 0 Å². The third kappa shape index (κ3) is 4.79. The summed E-state index contributed by atoms with van der Waals surface area (Å²) in [5.41, 5.74) is -2.15. The number of methoxy groups -OCH3 is 3. The number of hydrogen-bond acceptors (Lipinski definition) is 9. The fourth-order valence-corrected chi connectivity index (χ4v) is 4.15. The summed E-state index contributed by atoms with van der Waals surface area (Å²) in [6.07, 6.45) is -0.809. The van der Waals surface area contributed by atoms with Crippen LogP contribution >= 0.6 is 0 Å². The van der Waals surface area contributed by atoms with Gasteiger partial charge in [0.2, 0.25) is 5.79 Å². The van der Waals surface area contributed by atoms with Crippen LogP contribution in [0.25, 0.3) is 0 Å². The molecule has 0 aromatic rings. The van der Waals surface area contributed by atoms with Gasteiger partial charge in [-0.25, -0.2) is 0 Å². The van der Waals surface area contributed by atoms with Gasteiger partial charge in [0.25, 0.3) is 0 Å². The van der Waals surface area contributed by atoms with Gasteiger partial charge in [-0.2, -0.15) is 0 Å². The molecule has 0 amide bonds. The van der Waals surface area contributed by atoms with E-state index in [2.05, 4.69) is 0 Å². The van der Waals surface area contributed by atoms with Crippen LogP contribution in [-0.2, 0) is 98.6 Å². The maximum Gasteiger partial charge on any atom is 0.218 e. The zero-order valence-corrected chi connectivity index (χ0v) is 22.7. The fraction of sp³-hybridized carbons (Fsp3) is 1.00. The molecule has 2 N–H and O–H groups in total. The Labute approximate surface area is 224 Å². The number of aliphatic hydroxyl groups is 2. The van der Waals surface area contributed by atoms with E-state index in [9.17, 15) is 10.2 Å². The summed E-state index contributed by atoms with van der Waals surface area (Å²) >= 11 is 0. The number of fused-ring (bicyclic) bond motifs is 2. The summed E-state index contributed by atoms with van der Waals surface area (Å²) < 4.78 is 36.3. The fourth-order valence-electron chi connectivity index (χ4n) is 4.15. The zero-order valence-electron chi connectivity index (χ0n) is 17.0. The smallest absolute Gasteiger partial charge is 0.218 e. The van der Waals surface area contributed by atoms with Crippen molar-refractivity contribution in [2.24, 2.45) is 0 Å². The van der Waals surface area contributed by atoms with Crippen LogP contribution in [0.5, 0.6) is 0 Å². The molecule has 8 unspecified atom stereocenters. The third-order valence-electron chi connectivity index (χ3n) is 5.72. The second kappa shape index (κ2) is 11.4. The summed E-state index contributed by atoms with van der Waals surface area (Å²) in [6, 6.07) is -1.32. The molecule has 0 aromatic carbocycles. The van der Waals surface area contributed by atoms with E-state index >= 15 is 0 Å². The first-order valence-electron chi connectivity index (χ1n) is 8.84. The minimum absolute atomic E-state index is 0. The molecule has 13 heteroatoms. The van der Waals surface area contributed by atoms with Crippen molar-refractivity contribution < 1.29 is 109 Å². The largest absolute Gasteiger partial charge is 0.382 e. The Morgan fingerprint density at radius 2 is 1.62 bits per heavy atom. The molecule has 0 spiro atoms. The second-order valence-electron chi connectivity index (χ2n) is 7.16. The maximum absolute atomic E-state index is 10.5. The monoisotopic (exact) mass is 562 g/mol. The van der Waals surface area contributed by atoms with Crippen LogP contribution in [0.4, 0.5) is 0 Å². The summed E-state index contributed by atoms with van der Waals surface area (Å²) in [7, 11) is 15.9. The van der Waals surface area contributed by atoms with Gasteiger partial charge >= 0.3 is 0 Å². The standard InChI is InChI=1S/C9H15BO5.C7H11BO4.2Y/c1-12-5-6-8(11)3-4-14-9(8,13-2)7(10)15-6;1-10-2-4-7(9)3-11-5(7)6(8)12-4;;/h6-7,11H,3-5H2,1-2H3;4-6,9H,2-3H2,1H3;;. The molecule has 0 saturated carbocycles. The van der Waals surface area contributed by atoms with Crippen LogP contribution in [0, 0.1) is 0 Å². The minimum Gasteiger partial charge on any atom is -0.382 e. The number of hydrogen-bond donors (Lipinski definition) is 2. The number of rotatable bonds is 5. The van der Waals surface area contributed by atoms with E-state index in [1.807, 2.05) is 0 Å². The van der Waals surface area contributed by atoms with E-state index in [1.165, 1.54) is 7.11 Å². The van der Waals surface area contributed by atoms with E-state index in [1.54, 1.807) is 14.2 Å². The molecule has 9 nitrogen and oxygen atoms in total. The molecule has 4 aliphatic rings. The molecule has 29 heavy (non-hydrogen) atoms. The molecule has 4 fully saturated rings. The summed E-state index contributed by atoms with van der Waals surface area (Å²) in [5.74, 6) is -1.25. The predicted octanol–water partition coefficient (Wildman–Crippen LogP) is -2.33. The van der Waals surface area contributed by atoms with Crippen LogP contribution in [0.2, 0.25) is 0 Å². The average Bonchev–Trinajstić information content (AvgIpc) is 3.12. The molecular formula is C16H26B2O9Y2. The predicted molar refractivity (Wildman–Crippen MR) is 92.5 cm³/mol. The molecule has 0 aliphatic carbocycles. The molecule has 156 valence electrons. The first-order chi connectivity index (χ1) is 12.8. The van der Waals surface area contributed by atoms with Crippen LogP contribution in [0.3, 0.4) is 0 Å². The Balaban J connectivity index is 0.000000277. The number of ether oxygens (including phenoxy) is 7. The summed E-state index contributed by atoms with van der Waals surface area (Å²) in [5, 5.41) is 20.4. The molecule has 4 heterocycles. The van der Waals surface area contributed by atoms with Crippen molar-refractivity contribution in [3.8, 4) is 0 Å². The topological polar surface area (TPSA) is 105 Å². The quantitative estimate of drug-likeness (QED) is 0.358. The average molecular weight is 562 g/mol. The summed E-state index contributed by atoms with van der Waals surface area (Å²) in [4.78, 5) is 0. The molecule has 8 atom stereocenters. The van der Waals surface area contributed by atoms with Gasteiger partial charge in [0, 0.05) is 99.2 Å². The Morgan fingerprint density at radius 3 is 2.10 bits per heavy atom.